The van der Waals surface area contributed by atoms with Gasteiger partial charge in [0.05, 0.1) is 30.3 Å². The number of carbonyl (C=O) groups excluding carboxylic acids is 1. The number of esters is 1. The third-order valence-electron chi connectivity index (χ3n) is 3.49. The molecule has 0 atom stereocenters. The summed E-state index contributed by atoms with van der Waals surface area (Å²) in [4.78, 5) is 14.0. The number of nitrogen functional groups attached to an aromatic ring is 1. The number of hydrogen-bond acceptors (Lipinski definition) is 6. The molecule has 0 bridgehead atoms. The molecule has 2 heterocycles. The molecule has 0 unspecified atom stereocenters. The summed E-state index contributed by atoms with van der Waals surface area (Å²) in [7, 11) is 0. The Hall–Kier alpha value is -1.60. The van der Waals surface area contributed by atoms with Crippen LogP contribution in [0, 0.1) is 13.8 Å². The lowest BCUT2D eigenvalue weighted by Gasteiger charge is -2.26. The van der Waals surface area contributed by atoms with Crippen molar-refractivity contribution < 1.29 is 14.3 Å². The van der Waals surface area contributed by atoms with Crippen LogP contribution in [0.4, 0.5) is 5.69 Å². The van der Waals surface area contributed by atoms with Crippen LogP contribution in [-0.2, 0) is 20.8 Å². The zero-order chi connectivity index (χ0) is 14.5. The lowest BCUT2D eigenvalue weighted by molar-refractivity contribution is -0.145. The van der Waals surface area contributed by atoms with Gasteiger partial charge in [0.1, 0.15) is 13.2 Å². The quantitative estimate of drug-likeness (QED) is 0.763. The molecule has 0 amide bonds. The van der Waals surface area contributed by atoms with Crippen molar-refractivity contribution in [1.82, 2.24) is 14.7 Å². The van der Waals surface area contributed by atoms with Crippen LogP contribution in [0.2, 0.25) is 0 Å². The maximum atomic E-state index is 11.8. The number of nitrogens with zero attached hydrogens (tertiary/aromatic N) is 3. The second kappa shape index (κ2) is 6.71. The van der Waals surface area contributed by atoms with Crippen molar-refractivity contribution in [2.45, 2.75) is 20.4 Å². The molecular weight excluding hydrogens is 260 g/mol. The standard InChI is InChI=1S/C13H22N4O3/c1-10-13(14)11(2)17(15-10)9-12(18)20-8-5-16-3-6-19-7-4-16/h3-9,14H2,1-2H3. The van der Waals surface area contributed by atoms with Crippen molar-refractivity contribution in [3.05, 3.63) is 11.4 Å². The first-order valence-corrected chi connectivity index (χ1v) is 6.83. The number of rotatable bonds is 5. The van der Waals surface area contributed by atoms with Gasteiger partial charge < -0.3 is 15.2 Å². The SMILES string of the molecule is Cc1nn(CC(=O)OCCN2CCOCC2)c(C)c1N. The van der Waals surface area contributed by atoms with Gasteiger partial charge in [0.25, 0.3) is 0 Å². The summed E-state index contributed by atoms with van der Waals surface area (Å²) >= 11 is 0. The van der Waals surface area contributed by atoms with Crippen LogP contribution >= 0.6 is 0 Å². The van der Waals surface area contributed by atoms with Crippen molar-refractivity contribution in [3.8, 4) is 0 Å². The summed E-state index contributed by atoms with van der Waals surface area (Å²) in [6, 6.07) is 0. The Labute approximate surface area is 118 Å². The summed E-state index contributed by atoms with van der Waals surface area (Å²) in [6.07, 6.45) is 0. The van der Waals surface area contributed by atoms with E-state index in [9.17, 15) is 4.79 Å². The molecule has 20 heavy (non-hydrogen) atoms. The number of ether oxygens (including phenoxy) is 2. The highest BCUT2D eigenvalue weighted by Gasteiger charge is 2.14. The van der Waals surface area contributed by atoms with E-state index in [4.69, 9.17) is 15.2 Å². The van der Waals surface area contributed by atoms with Crippen LogP contribution in [0.3, 0.4) is 0 Å². The van der Waals surface area contributed by atoms with E-state index in [-0.39, 0.29) is 12.5 Å². The van der Waals surface area contributed by atoms with Gasteiger partial charge in [-0.25, -0.2) is 0 Å². The Kier molecular flexibility index (Phi) is 4.97. The van der Waals surface area contributed by atoms with Crippen molar-refractivity contribution in [1.29, 1.82) is 0 Å². The first kappa shape index (κ1) is 14.8. The number of nitrogens with two attached hydrogens (primary N) is 1. The number of morpholine rings is 1. The number of hydrogen-bond donors (Lipinski definition) is 1. The summed E-state index contributed by atoms with van der Waals surface area (Å²) in [5.74, 6) is -0.288. The van der Waals surface area contributed by atoms with E-state index in [1.54, 1.807) is 4.68 Å². The summed E-state index contributed by atoms with van der Waals surface area (Å²) in [5, 5.41) is 4.21. The minimum absolute atomic E-state index is 0.104. The summed E-state index contributed by atoms with van der Waals surface area (Å²) < 4.78 is 12.1. The molecule has 7 nitrogen and oxygen atoms in total. The van der Waals surface area contributed by atoms with E-state index in [0.29, 0.717) is 12.3 Å². The first-order chi connectivity index (χ1) is 9.58. The van der Waals surface area contributed by atoms with Gasteiger partial charge in [-0.1, -0.05) is 0 Å². The number of carbonyl (C=O) groups is 1. The zero-order valence-corrected chi connectivity index (χ0v) is 12.1. The molecule has 112 valence electrons. The van der Waals surface area contributed by atoms with E-state index in [1.165, 1.54) is 0 Å². The minimum atomic E-state index is -0.288. The second-order valence-electron chi connectivity index (χ2n) is 4.92. The average molecular weight is 282 g/mol. The van der Waals surface area contributed by atoms with Crippen molar-refractivity contribution in [2.24, 2.45) is 0 Å². The van der Waals surface area contributed by atoms with Gasteiger partial charge in [0.15, 0.2) is 0 Å². The van der Waals surface area contributed by atoms with Gasteiger partial charge in [-0.3, -0.25) is 14.4 Å². The van der Waals surface area contributed by atoms with Crippen LogP contribution in [0.25, 0.3) is 0 Å². The largest absolute Gasteiger partial charge is 0.463 e. The second-order valence-corrected chi connectivity index (χ2v) is 4.92. The minimum Gasteiger partial charge on any atom is -0.463 e. The predicted octanol–water partition coefficient (Wildman–Crippen LogP) is -0.0425. The molecule has 0 aliphatic carbocycles. The zero-order valence-electron chi connectivity index (χ0n) is 12.1. The smallest absolute Gasteiger partial charge is 0.327 e. The molecule has 0 saturated carbocycles. The molecule has 1 saturated heterocycles. The van der Waals surface area contributed by atoms with Crippen LogP contribution in [-0.4, -0.2) is 60.1 Å². The molecule has 0 spiro atoms. The molecule has 1 aromatic rings. The highest BCUT2D eigenvalue weighted by Crippen LogP contribution is 2.14. The normalized spacial score (nSPS) is 16.3. The van der Waals surface area contributed by atoms with Crippen molar-refractivity contribution >= 4 is 11.7 Å². The Morgan fingerprint density at radius 2 is 2.10 bits per heavy atom. The number of aromatic nitrogens is 2. The molecule has 7 heteroatoms. The van der Waals surface area contributed by atoms with Gasteiger partial charge in [-0.2, -0.15) is 5.10 Å². The Bertz CT molecular complexity index is 466. The van der Waals surface area contributed by atoms with E-state index in [0.717, 1.165) is 44.2 Å². The van der Waals surface area contributed by atoms with Crippen LogP contribution < -0.4 is 5.73 Å². The third-order valence-corrected chi connectivity index (χ3v) is 3.49. The number of aryl methyl sites for hydroxylation is 1. The van der Waals surface area contributed by atoms with E-state index in [1.807, 2.05) is 13.8 Å². The highest BCUT2D eigenvalue weighted by atomic mass is 16.5. The van der Waals surface area contributed by atoms with Gasteiger partial charge in [0, 0.05) is 19.6 Å². The van der Waals surface area contributed by atoms with Crippen LogP contribution in [0.15, 0.2) is 0 Å². The predicted molar refractivity (Wildman–Crippen MR) is 74.3 cm³/mol. The van der Waals surface area contributed by atoms with Crippen LogP contribution in [0.1, 0.15) is 11.4 Å². The monoisotopic (exact) mass is 282 g/mol. The van der Waals surface area contributed by atoms with Gasteiger partial charge in [-0.05, 0) is 13.8 Å². The molecule has 1 aliphatic rings. The summed E-state index contributed by atoms with van der Waals surface area (Å²) in [5.41, 5.74) is 7.99. The van der Waals surface area contributed by atoms with Gasteiger partial charge in [0.2, 0.25) is 0 Å². The summed E-state index contributed by atoms with van der Waals surface area (Å²) in [6.45, 7) is 8.20. The topological polar surface area (TPSA) is 82.6 Å². The fourth-order valence-electron chi connectivity index (χ4n) is 2.15. The Balaban J connectivity index is 1.73. The molecular formula is C13H22N4O3. The molecule has 2 rings (SSSR count). The van der Waals surface area contributed by atoms with Crippen LogP contribution in [0.5, 0.6) is 0 Å². The fourth-order valence-corrected chi connectivity index (χ4v) is 2.15. The number of anilines is 1. The maximum absolute atomic E-state index is 11.8. The molecule has 0 radical (unpaired) electrons. The van der Waals surface area contributed by atoms with E-state index < -0.39 is 0 Å². The fraction of sp³-hybridized carbons (Fsp3) is 0.692. The maximum Gasteiger partial charge on any atom is 0.327 e. The molecule has 1 fully saturated rings. The molecule has 1 aliphatic heterocycles. The van der Waals surface area contributed by atoms with Gasteiger partial charge in [-0.15, -0.1) is 0 Å². The van der Waals surface area contributed by atoms with Crippen molar-refractivity contribution in [3.63, 3.8) is 0 Å². The molecule has 0 aromatic carbocycles. The lowest BCUT2D eigenvalue weighted by Crippen LogP contribution is -2.38. The Morgan fingerprint density at radius 1 is 1.40 bits per heavy atom. The van der Waals surface area contributed by atoms with E-state index >= 15 is 0 Å². The molecule has 1 aromatic heterocycles. The van der Waals surface area contributed by atoms with Crippen molar-refractivity contribution in [2.75, 3.05) is 45.2 Å². The third kappa shape index (κ3) is 3.71. The first-order valence-electron chi connectivity index (χ1n) is 6.83. The molecule has 2 N–H and O–H groups in total. The Morgan fingerprint density at radius 3 is 2.70 bits per heavy atom. The highest BCUT2D eigenvalue weighted by molar-refractivity contribution is 5.69. The lowest BCUT2D eigenvalue weighted by atomic mass is 10.3. The van der Waals surface area contributed by atoms with E-state index in [2.05, 4.69) is 10.00 Å². The van der Waals surface area contributed by atoms with Gasteiger partial charge >= 0.3 is 5.97 Å². The average Bonchev–Trinajstić information content (AvgIpc) is 2.67.